The fourth-order valence-corrected chi connectivity index (χ4v) is 1.72. The summed E-state index contributed by atoms with van der Waals surface area (Å²) in [4.78, 5) is 17.1. The van der Waals surface area contributed by atoms with E-state index < -0.39 is 51.3 Å². The predicted molar refractivity (Wildman–Crippen MR) is 51.8 cm³/mol. The lowest BCUT2D eigenvalue weighted by molar-refractivity contribution is -0.297. The Hall–Kier alpha value is -0.0900. The molecule has 0 spiro atoms. The molecule has 0 unspecified atom stereocenters. The second-order valence-electron chi connectivity index (χ2n) is 3.66. The summed E-state index contributed by atoms with van der Waals surface area (Å²) in [5, 5.41) is 37.0. The quantitative estimate of drug-likeness (QED) is 0.293. The smallest absolute Gasteiger partial charge is 0.351 e. The third kappa shape index (κ3) is 3.95. The highest BCUT2D eigenvalue weighted by Crippen LogP contribution is 2.35. The van der Waals surface area contributed by atoms with Gasteiger partial charge in [-0.1, -0.05) is 0 Å². The molecule has 17 heavy (non-hydrogen) atoms. The number of hydrogen-bond acceptors (Lipinski definition) is 7. The molecule has 0 radical (unpaired) electrons. The van der Waals surface area contributed by atoms with Crippen LogP contribution in [0.25, 0.3) is 0 Å². The van der Waals surface area contributed by atoms with Crippen LogP contribution in [0, 0.1) is 0 Å². The standard InChI is InChI=1S/C7H15O9P/c8-1-3-4(9)5(10)6(11)7(16-3)15-2-17(12,13)14/h3-11H,1-2H2,(H2,12,13,14)/t3-,4-,5+,6-,7+/m1/s1. The van der Waals surface area contributed by atoms with Crippen LogP contribution < -0.4 is 0 Å². The molecule has 5 atom stereocenters. The molecule has 0 amide bonds. The molecule has 1 aliphatic rings. The molecular weight excluding hydrogens is 259 g/mol. The van der Waals surface area contributed by atoms with Crippen molar-refractivity contribution in [1.29, 1.82) is 0 Å². The maximum absolute atomic E-state index is 10.5. The first kappa shape index (κ1) is 15.0. The van der Waals surface area contributed by atoms with Gasteiger partial charge in [-0.25, -0.2) is 0 Å². The van der Waals surface area contributed by atoms with E-state index in [1.807, 2.05) is 0 Å². The molecule has 1 saturated heterocycles. The third-order valence-electron chi connectivity index (χ3n) is 2.26. The number of hydrogen-bond donors (Lipinski definition) is 6. The summed E-state index contributed by atoms with van der Waals surface area (Å²) < 4.78 is 20.0. The van der Waals surface area contributed by atoms with Crippen LogP contribution in [0.3, 0.4) is 0 Å². The molecule has 1 aliphatic heterocycles. The van der Waals surface area contributed by atoms with Crippen molar-refractivity contribution in [2.75, 3.05) is 13.0 Å². The van der Waals surface area contributed by atoms with Gasteiger partial charge in [-0.05, 0) is 0 Å². The predicted octanol–water partition coefficient (Wildman–Crippen LogP) is -3.06. The van der Waals surface area contributed by atoms with Crippen molar-refractivity contribution in [3.05, 3.63) is 0 Å². The lowest BCUT2D eigenvalue weighted by Gasteiger charge is -2.39. The summed E-state index contributed by atoms with van der Waals surface area (Å²) >= 11 is 0. The Morgan fingerprint density at radius 1 is 1.12 bits per heavy atom. The van der Waals surface area contributed by atoms with Crippen LogP contribution in [-0.2, 0) is 14.0 Å². The Kier molecular flexibility index (Phi) is 5.02. The molecule has 0 aliphatic carbocycles. The van der Waals surface area contributed by atoms with Gasteiger partial charge in [-0.3, -0.25) is 4.57 Å². The summed E-state index contributed by atoms with van der Waals surface area (Å²) in [6.45, 7) is -0.638. The molecule has 1 heterocycles. The molecule has 1 rings (SSSR count). The summed E-state index contributed by atoms with van der Waals surface area (Å²) in [6, 6.07) is 0. The molecule has 1 fully saturated rings. The average molecular weight is 274 g/mol. The SMILES string of the molecule is O=P(O)(O)CO[C@H]1O[C@H](CO)[C@@H](O)[C@H](O)[C@H]1O. The van der Waals surface area contributed by atoms with Crippen molar-refractivity contribution in [1.82, 2.24) is 0 Å². The number of aliphatic hydroxyl groups is 4. The first-order valence-electron chi connectivity index (χ1n) is 4.73. The molecule has 0 aromatic carbocycles. The minimum absolute atomic E-state index is 0.638. The molecule has 102 valence electrons. The molecule has 0 saturated carbocycles. The van der Waals surface area contributed by atoms with Gasteiger partial charge in [0.25, 0.3) is 0 Å². The molecule has 9 nitrogen and oxygen atoms in total. The normalized spacial score (nSPS) is 39.3. The van der Waals surface area contributed by atoms with E-state index in [2.05, 4.69) is 4.74 Å². The monoisotopic (exact) mass is 274 g/mol. The zero-order valence-corrected chi connectivity index (χ0v) is 9.55. The van der Waals surface area contributed by atoms with Crippen molar-refractivity contribution in [2.24, 2.45) is 0 Å². The van der Waals surface area contributed by atoms with Crippen molar-refractivity contribution in [3.63, 3.8) is 0 Å². The Bertz CT molecular complexity index is 289. The number of rotatable bonds is 4. The van der Waals surface area contributed by atoms with Crippen molar-refractivity contribution in [3.8, 4) is 0 Å². The largest absolute Gasteiger partial charge is 0.394 e. The molecule has 10 heteroatoms. The van der Waals surface area contributed by atoms with Gasteiger partial charge in [0.2, 0.25) is 0 Å². The summed E-state index contributed by atoms with van der Waals surface area (Å²) in [5.41, 5.74) is 0. The van der Waals surface area contributed by atoms with Gasteiger partial charge in [0.1, 0.15) is 24.4 Å². The maximum Gasteiger partial charge on any atom is 0.351 e. The van der Waals surface area contributed by atoms with E-state index in [1.165, 1.54) is 0 Å². The topological polar surface area (TPSA) is 157 Å². The second-order valence-corrected chi connectivity index (χ2v) is 5.25. The Morgan fingerprint density at radius 2 is 1.71 bits per heavy atom. The van der Waals surface area contributed by atoms with E-state index in [4.69, 9.17) is 19.6 Å². The van der Waals surface area contributed by atoms with Gasteiger partial charge >= 0.3 is 7.60 Å². The molecular formula is C7H15O9P. The van der Waals surface area contributed by atoms with E-state index >= 15 is 0 Å². The van der Waals surface area contributed by atoms with Gasteiger partial charge < -0.3 is 39.7 Å². The van der Waals surface area contributed by atoms with E-state index in [0.29, 0.717) is 0 Å². The minimum atomic E-state index is -4.44. The minimum Gasteiger partial charge on any atom is -0.394 e. The summed E-state index contributed by atoms with van der Waals surface area (Å²) in [7, 11) is -4.44. The highest BCUT2D eigenvalue weighted by molar-refractivity contribution is 7.51. The Labute approximate surface area is 96.4 Å². The first-order valence-corrected chi connectivity index (χ1v) is 6.52. The second kappa shape index (κ2) is 5.70. The van der Waals surface area contributed by atoms with Crippen LogP contribution in [0.5, 0.6) is 0 Å². The van der Waals surface area contributed by atoms with Crippen molar-refractivity contribution in [2.45, 2.75) is 30.7 Å². The fourth-order valence-electron chi connectivity index (χ4n) is 1.38. The number of aliphatic hydroxyl groups excluding tert-OH is 4. The van der Waals surface area contributed by atoms with E-state index in [-0.39, 0.29) is 0 Å². The van der Waals surface area contributed by atoms with Crippen LogP contribution >= 0.6 is 7.60 Å². The fraction of sp³-hybridized carbons (Fsp3) is 1.00. The summed E-state index contributed by atoms with van der Waals surface area (Å²) in [5.74, 6) is 0. The van der Waals surface area contributed by atoms with Crippen LogP contribution in [0.1, 0.15) is 0 Å². The van der Waals surface area contributed by atoms with Gasteiger partial charge in [-0.2, -0.15) is 0 Å². The molecule has 0 bridgehead atoms. The molecule has 6 N–H and O–H groups in total. The van der Waals surface area contributed by atoms with Gasteiger partial charge in [0, 0.05) is 0 Å². The lowest BCUT2D eigenvalue weighted by atomic mass is 9.99. The Balaban J connectivity index is 2.62. The Morgan fingerprint density at radius 3 is 2.18 bits per heavy atom. The van der Waals surface area contributed by atoms with Gasteiger partial charge in [0.15, 0.2) is 12.6 Å². The number of ether oxygens (including phenoxy) is 2. The first-order chi connectivity index (χ1) is 7.76. The highest BCUT2D eigenvalue weighted by Gasteiger charge is 2.44. The summed E-state index contributed by atoms with van der Waals surface area (Å²) in [6.07, 6.45) is -8.55. The lowest BCUT2D eigenvalue weighted by Crippen LogP contribution is -2.59. The van der Waals surface area contributed by atoms with Crippen LogP contribution in [0.15, 0.2) is 0 Å². The molecule has 0 aromatic heterocycles. The van der Waals surface area contributed by atoms with Crippen LogP contribution in [0.2, 0.25) is 0 Å². The zero-order valence-electron chi connectivity index (χ0n) is 8.66. The van der Waals surface area contributed by atoms with E-state index in [0.717, 1.165) is 0 Å². The zero-order chi connectivity index (χ0) is 13.2. The van der Waals surface area contributed by atoms with Gasteiger partial charge in [0.05, 0.1) is 6.61 Å². The van der Waals surface area contributed by atoms with Crippen LogP contribution in [0.4, 0.5) is 0 Å². The van der Waals surface area contributed by atoms with E-state index in [9.17, 15) is 19.9 Å². The maximum atomic E-state index is 10.5. The van der Waals surface area contributed by atoms with E-state index in [1.54, 1.807) is 0 Å². The van der Waals surface area contributed by atoms with Crippen molar-refractivity contribution < 1.29 is 44.3 Å². The van der Waals surface area contributed by atoms with Gasteiger partial charge in [-0.15, -0.1) is 0 Å². The van der Waals surface area contributed by atoms with Crippen molar-refractivity contribution >= 4 is 7.60 Å². The average Bonchev–Trinajstić information content (AvgIpc) is 2.24. The van der Waals surface area contributed by atoms with Crippen LogP contribution in [-0.4, -0.2) is 73.9 Å². The molecule has 0 aromatic rings. The third-order valence-corrected chi connectivity index (χ3v) is 2.74. The highest BCUT2D eigenvalue weighted by atomic mass is 31.2.